The molecule has 0 aromatic heterocycles. The molecule has 0 rings (SSSR count). The largest absolute Gasteiger partial charge is 0.425 e. The summed E-state index contributed by atoms with van der Waals surface area (Å²) in [6.07, 6.45) is 0.455. The van der Waals surface area contributed by atoms with Gasteiger partial charge in [0.15, 0.2) is 0 Å². The van der Waals surface area contributed by atoms with Gasteiger partial charge in [-0.15, -0.1) is 0 Å². The Bertz CT molecular complexity index is 73.3. The van der Waals surface area contributed by atoms with E-state index in [9.17, 15) is 0 Å². The molecule has 56 valence electrons. The van der Waals surface area contributed by atoms with Crippen LogP contribution in [0, 0.1) is 11.8 Å². The maximum Gasteiger partial charge on any atom is 0.146 e. The Hall–Kier alpha value is 0.177. The van der Waals surface area contributed by atoms with Gasteiger partial charge in [-0.05, 0) is 18.8 Å². The van der Waals surface area contributed by atoms with Gasteiger partial charge in [-0.25, -0.2) is 0 Å². The van der Waals surface area contributed by atoms with E-state index in [1.807, 2.05) is 0 Å². The third-order valence-corrected chi connectivity index (χ3v) is 2.91. The third kappa shape index (κ3) is 3.01. The van der Waals surface area contributed by atoms with Crippen LogP contribution >= 0.6 is 0 Å². The zero-order valence-corrected chi connectivity index (χ0v) is 9.14. The van der Waals surface area contributed by atoms with Gasteiger partial charge in [0, 0.05) is 6.10 Å². The summed E-state index contributed by atoms with van der Waals surface area (Å²) in [5, 5.41) is 0. The Kier molecular flexibility index (Phi) is 4.15. The van der Waals surface area contributed by atoms with Gasteiger partial charge in [0.05, 0.1) is 0 Å². The van der Waals surface area contributed by atoms with Crippen LogP contribution in [0.2, 0.25) is 0 Å². The molecule has 0 saturated carbocycles. The first kappa shape index (κ1) is 9.18. The minimum Gasteiger partial charge on any atom is -0.425 e. The second kappa shape index (κ2) is 4.07. The van der Waals surface area contributed by atoms with Crippen LogP contribution in [0.15, 0.2) is 0 Å². The lowest BCUT2D eigenvalue weighted by atomic mass is 9.93. The summed E-state index contributed by atoms with van der Waals surface area (Å²) < 4.78 is 5.31. The van der Waals surface area contributed by atoms with Crippen molar-refractivity contribution in [3.8, 4) is 0 Å². The zero-order chi connectivity index (χ0) is 7.44. The van der Waals surface area contributed by atoms with Crippen LogP contribution in [-0.4, -0.2) is 16.6 Å². The molecule has 2 heteroatoms. The summed E-state index contributed by atoms with van der Waals surface area (Å²) in [5.41, 5.74) is 0. The molecule has 0 aromatic rings. The van der Waals surface area contributed by atoms with Crippen molar-refractivity contribution >= 4 is 10.5 Å². The van der Waals surface area contributed by atoms with E-state index < -0.39 is 0 Å². The molecule has 0 aliphatic rings. The predicted molar refractivity (Wildman–Crippen MR) is 44.5 cm³/mol. The molecule has 0 spiro atoms. The average molecular weight is 146 g/mol. The van der Waals surface area contributed by atoms with Crippen molar-refractivity contribution < 1.29 is 4.43 Å². The molecule has 0 radical (unpaired) electrons. The first-order valence-electron chi connectivity index (χ1n) is 3.62. The fraction of sp³-hybridized carbons (Fsp3) is 1.00. The minimum absolute atomic E-state index is 0.455. The maximum absolute atomic E-state index is 5.31. The Morgan fingerprint density at radius 1 is 1.11 bits per heavy atom. The Morgan fingerprint density at radius 2 is 1.56 bits per heavy atom. The normalized spacial score (nSPS) is 18.3. The maximum atomic E-state index is 5.31. The van der Waals surface area contributed by atoms with Gasteiger partial charge in [-0.1, -0.05) is 20.8 Å². The van der Waals surface area contributed by atoms with Crippen molar-refractivity contribution in [1.82, 2.24) is 0 Å². The molecule has 9 heavy (non-hydrogen) atoms. The number of hydrogen-bond acceptors (Lipinski definition) is 1. The quantitative estimate of drug-likeness (QED) is 0.539. The van der Waals surface area contributed by atoms with Crippen LogP contribution in [0.3, 0.4) is 0 Å². The van der Waals surface area contributed by atoms with Crippen LogP contribution in [0.1, 0.15) is 27.7 Å². The summed E-state index contributed by atoms with van der Waals surface area (Å²) in [6.45, 7) is 8.87. The van der Waals surface area contributed by atoms with Crippen molar-refractivity contribution in [1.29, 1.82) is 0 Å². The summed E-state index contributed by atoms with van der Waals surface area (Å²) in [7, 11) is 0.866. The van der Waals surface area contributed by atoms with E-state index >= 15 is 0 Å². The molecule has 0 aliphatic heterocycles. The van der Waals surface area contributed by atoms with E-state index in [0.29, 0.717) is 12.0 Å². The van der Waals surface area contributed by atoms with Crippen LogP contribution in [-0.2, 0) is 4.43 Å². The highest BCUT2D eigenvalue weighted by molar-refractivity contribution is 5.98. The van der Waals surface area contributed by atoms with E-state index in [-0.39, 0.29) is 0 Å². The highest BCUT2D eigenvalue weighted by atomic mass is 28.2. The van der Waals surface area contributed by atoms with Gasteiger partial charge in [-0.2, -0.15) is 0 Å². The van der Waals surface area contributed by atoms with E-state index in [2.05, 4.69) is 27.7 Å². The fourth-order valence-electron chi connectivity index (χ4n) is 0.757. The standard InChI is InChI=1S/C7H18OSi/c1-5(2)6(3)7(4)8-9/h5-7H,1-4,9H3. The topological polar surface area (TPSA) is 9.23 Å². The molecule has 0 bridgehead atoms. The molecule has 0 aromatic carbocycles. The van der Waals surface area contributed by atoms with Crippen LogP contribution in [0.5, 0.6) is 0 Å². The number of rotatable bonds is 3. The molecular weight excluding hydrogens is 128 g/mol. The van der Waals surface area contributed by atoms with Crippen molar-refractivity contribution in [2.75, 3.05) is 0 Å². The molecule has 0 N–H and O–H groups in total. The Morgan fingerprint density at radius 3 is 1.67 bits per heavy atom. The molecule has 1 nitrogen and oxygen atoms in total. The lowest BCUT2D eigenvalue weighted by molar-refractivity contribution is 0.145. The first-order valence-corrected chi connectivity index (χ1v) is 4.44. The van der Waals surface area contributed by atoms with Crippen LogP contribution in [0.4, 0.5) is 0 Å². The van der Waals surface area contributed by atoms with Crippen molar-refractivity contribution in [2.24, 2.45) is 11.8 Å². The SMILES string of the molecule is CC(C)C(C)C(C)O[SiH3]. The second-order valence-electron chi connectivity index (χ2n) is 3.04. The summed E-state index contributed by atoms with van der Waals surface area (Å²) in [5.74, 6) is 1.44. The lowest BCUT2D eigenvalue weighted by Crippen LogP contribution is -2.21. The van der Waals surface area contributed by atoms with E-state index in [0.717, 1.165) is 16.4 Å². The second-order valence-corrected chi connectivity index (χ2v) is 3.52. The minimum atomic E-state index is 0.455. The lowest BCUT2D eigenvalue weighted by Gasteiger charge is -2.22. The summed E-state index contributed by atoms with van der Waals surface area (Å²) >= 11 is 0. The highest BCUT2D eigenvalue weighted by Gasteiger charge is 2.13. The van der Waals surface area contributed by atoms with Gasteiger partial charge in [0.2, 0.25) is 0 Å². The van der Waals surface area contributed by atoms with Crippen molar-refractivity contribution in [3.63, 3.8) is 0 Å². The molecule has 0 saturated heterocycles. The fourth-order valence-corrected chi connectivity index (χ4v) is 1.19. The van der Waals surface area contributed by atoms with E-state index in [4.69, 9.17) is 4.43 Å². The van der Waals surface area contributed by atoms with E-state index in [1.165, 1.54) is 0 Å². The molecule has 0 heterocycles. The molecule has 2 atom stereocenters. The zero-order valence-electron chi connectivity index (χ0n) is 7.14. The molecule has 2 unspecified atom stereocenters. The van der Waals surface area contributed by atoms with E-state index in [1.54, 1.807) is 0 Å². The van der Waals surface area contributed by atoms with Gasteiger partial charge in [-0.3, -0.25) is 0 Å². The van der Waals surface area contributed by atoms with Crippen LogP contribution < -0.4 is 0 Å². The Balaban J connectivity index is 3.58. The average Bonchev–Trinajstić information content (AvgIpc) is 1.84. The van der Waals surface area contributed by atoms with Crippen LogP contribution in [0.25, 0.3) is 0 Å². The van der Waals surface area contributed by atoms with Gasteiger partial charge in [0.25, 0.3) is 0 Å². The Labute approximate surface area is 61.3 Å². The highest BCUT2D eigenvalue weighted by Crippen LogP contribution is 2.15. The summed E-state index contributed by atoms with van der Waals surface area (Å²) in [4.78, 5) is 0. The first-order chi connectivity index (χ1) is 4.09. The smallest absolute Gasteiger partial charge is 0.146 e. The van der Waals surface area contributed by atoms with Crippen molar-refractivity contribution in [2.45, 2.75) is 33.8 Å². The number of hydrogen-bond donors (Lipinski definition) is 0. The predicted octanol–water partition coefficient (Wildman–Crippen LogP) is 0.964. The molecule has 0 amide bonds. The molecule has 0 aliphatic carbocycles. The van der Waals surface area contributed by atoms with Gasteiger partial charge < -0.3 is 4.43 Å². The van der Waals surface area contributed by atoms with Gasteiger partial charge in [0.1, 0.15) is 10.5 Å². The van der Waals surface area contributed by atoms with Gasteiger partial charge >= 0.3 is 0 Å². The molecular formula is C7H18OSi. The summed E-state index contributed by atoms with van der Waals surface area (Å²) in [6, 6.07) is 0. The molecule has 0 fully saturated rings. The van der Waals surface area contributed by atoms with Crippen molar-refractivity contribution in [3.05, 3.63) is 0 Å². The monoisotopic (exact) mass is 146 g/mol. The third-order valence-electron chi connectivity index (χ3n) is 2.16.